The second-order valence-electron chi connectivity index (χ2n) is 14.2. The molecule has 53 heavy (non-hydrogen) atoms. The molecule has 0 aliphatic rings. The molecule has 0 saturated heterocycles. The minimum atomic E-state index is -1.14. The molecule has 2 unspecified atom stereocenters. The molecule has 0 saturated carbocycles. The fraction of sp³-hybridized carbons (Fsp3) is 0.622. The third-order valence-corrected chi connectivity index (χ3v) is 8.41. The highest BCUT2D eigenvalue weighted by Gasteiger charge is 2.25. The Kier molecular flexibility index (Phi) is 33.2. The van der Waals surface area contributed by atoms with Gasteiger partial charge in [-0.3, -0.25) is 9.59 Å². The van der Waals surface area contributed by atoms with Gasteiger partial charge in [-0.2, -0.15) is 0 Å². The number of carbonyl (C=O) groups is 3. The molecule has 0 bridgehead atoms. The van der Waals surface area contributed by atoms with Gasteiger partial charge in [-0.25, -0.2) is 0 Å². The van der Waals surface area contributed by atoms with Crippen LogP contribution in [0, 0.1) is 0 Å². The van der Waals surface area contributed by atoms with Crippen LogP contribution in [-0.4, -0.2) is 75.5 Å². The first-order valence-corrected chi connectivity index (χ1v) is 20.2. The first kappa shape index (κ1) is 49.5. The summed E-state index contributed by atoms with van der Waals surface area (Å²) in [6.45, 7) is 4.33. The Labute approximate surface area is 323 Å². The first-order valence-electron chi connectivity index (χ1n) is 20.2. The number of unbranched alkanes of at least 4 members (excludes halogenated alkanes) is 10. The number of quaternary nitrogens is 1. The van der Waals surface area contributed by atoms with Crippen molar-refractivity contribution in [3.8, 4) is 0 Å². The van der Waals surface area contributed by atoms with E-state index < -0.39 is 18.1 Å². The zero-order chi connectivity index (χ0) is 39.3. The van der Waals surface area contributed by atoms with Gasteiger partial charge in [0.1, 0.15) is 12.6 Å². The second kappa shape index (κ2) is 35.5. The average Bonchev–Trinajstić information content (AvgIpc) is 3.11. The van der Waals surface area contributed by atoms with Crippen LogP contribution >= 0.6 is 0 Å². The molecule has 8 heteroatoms. The second-order valence-corrected chi connectivity index (χ2v) is 14.2. The lowest BCUT2D eigenvalue weighted by molar-refractivity contribution is -0.889. The number of ether oxygens (including phenoxy) is 3. The molecule has 0 aliphatic heterocycles. The fourth-order valence-electron chi connectivity index (χ4n) is 5.30. The number of hydrogen-bond acceptors (Lipinski definition) is 7. The van der Waals surface area contributed by atoms with E-state index in [1.165, 1.54) is 25.7 Å². The lowest BCUT2D eigenvalue weighted by Gasteiger charge is -2.34. The first-order chi connectivity index (χ1) is 25.6. The molecule has 0 spiro atoms. The Hall–Kier alpha value is -3.49. The number of carboxylic acid groups (broad SMARTS) is 1. The molecule has 0 N–H and O–H groups in total. The molecule has 300 valence electrons. The number of nitrogens with zero attached hydrogens (tertiary/aromatic N) is 1. The van der Waals surface area contributed by atoms with Gasteiger partial charge in [-0.15, -0.1) is 0 Å². The van der Waals surface area contributed by atoms with Gasteiger partial charge < -0.3 is 28.6 Å². The molecule has 0 heterocycles. The lowest BCUT2D eigenvalue weighted by atomic mass is 10.1. The molecule has 0 amide bonds. The van der Waals surface area contributed by atoms with Gasteiger partial charge in [-0.1, -0.05) is 137 Å². The van der Waals surface area contributed by atoms with Crippen LogP contribution in [0.5, 0.6) is 0 Å². The van der Waals surface area contributed by atoms with Gasteiger partial charge in [0, 0.05) is 19.3 Å². The Morgan fingerprint density at radius 1 is 0.585 bits per heavy atom. The van der Waals surface area contributed by atoms with Crippen molar-refractivity contribution in [2.24, 2.45) is 0 Å². The van der Waals surface area contributed by atoms with Crippen LogP contribution in [0.2, 0.25) is 0 Å². The van der Waals surface area contributed by atoms with Crippen LogP contribution < -0.4 is 5.11 Å². The van der Waals surface area contributed by atoms with Crippen molar-refractivity contribution in [2.45, 2.75) is 142 Å². The van der Waals surface area contributed by atoms with Gasteiger partial charge in [0.05, 0.1) is 40.3 Å². The predicted octanol–water partition coefficient (Wildman–Crippen LogP) is 9.24. The Bertz CT molecular complexity index is 1140. The van der Waals surface area contributed by atoms with Crippen molar-refractivity contribution >= 4 is 17.9 Å². The van der Waals surface area contributed by atoms with Crippen molar-refractivity contribution in [3.63, 3.8) is 0 Å². The van der Waals surface area contributed by atoms with E-state index >= 15 is 0 Å². The minimum absolute atomic E-state index is 0.0152. The molecule has 8 nitrogen and oxygen atoms in total. The normalized spacial score (nSPS) is 13.9. The van der Waals surface area contributed by atoms with Crippen LogP contribution in [0.15, 0.2) is 85.1 Å². The SMILES string of the molecule is CC/C=C/C=C/C=C/C=C/C=C/CCCCCC(=O)OC(COCCC(C(=O)[O-])[N+](C)(C)C)COC(=O)CCCCCCCCC/C=C/C/C=C/CC. The van der Waals surface area contributed by atoms with Crippen LogP contribution in [0.4, 0.5) is 0 Å². The lowest BCUT2D eigenvalue weighted by Crippen LogP contribution is -2.55. The third kappa shape index (κ3) is 34.1. The summed E-state index contributed by atoms with van der Waals surface area (Å²) in [4.78, 5) is 36.7. The van der Waals surface area contributed by atoms with Crippen LogP contribution in [0.25, 0.3) is 0 Å². The van der Waals surface area contributed by atoms with E-state index in [1.807, 2.05) is 48.6 Å². The maximum absolute atomic E-state index is 12.7. The van der Waals surface area contributed by atoms with E-state index in [-0.39, 0.29) is 49.1 Å². The fourth-order valence-corrected chi connectivity index (χ4v) is 5.30. The van der Waals surface area contributed by atoms with E-state index in [0.29, 0.717) is 12.8 Å². The largest absolute Gasteiger partial charge is 0.544 e. The summed E-state index contributed by atoms with van der Waals surface area (Å²) in [7, 11) is 5.37. The summed E-state index contributed by atoms with van der Waals surface area (Å²) >= 11 is 0. The number of esters is 2. The zero-order valence-electron chi connectivity index (χ0n) is 33.9. The van der Waals surface area contributed by atoms with Crippen molar-refractivity contribution in [3.05, 3.63) is 85.1 Å². The van der Waals surface area contributed by atoms with Crippen molar-refractivity contribution in [1.82, 2.24) is 0 Å². The predicted molar refractivity (Wildman–Crippen MR) is 217 cm³/mol. The summed E-state index contributed by atoms with van der Waals surface area (Å²) < 4.78 is 17.1. The Balaban J connectivity index is 4.51. The quantitative estimate of drug-likeness (QED) is 0.0213. The highest BCUT2D eigenvalue weighted by Crippen LogP contribution is 2.12. The molecule has 0 radical (unpaired) electrons. The number of allylic oxidation sites excluding steroid dienone is 14. The molecule has 0 fully saturated rings. The zero-order valence-corrected chi connectivity index (χ0v) is 33.9. The standard InChI is InChI=1S/C45H73NO7/c1-6-8-10-12-14-16-18-20-22-24-26-28-30-32-34-36-44(48)53-41(39-51-38-37-42(45(49)50)46(3,4)5)40-52-43(47)35-33-31-29-27-25-23-21-19-17-15-13-11-9-7-2/h8-12,14-18,20,22,24,26,41-42H,6-7,13,19,21,23,25,27-40H2,1-5H3/b10-8+,11-9+,14-12+,17-15+,18-16+,22-20+,26-24+. The summed E-state index contributed by atoms with van der Waals surface area (Å²) in [5.74, 6) is -1.82. The molecule has 0 aromatic rings. The maximum atomic E-state index is 12.7. The van der Waals surface area contributed by atoms with E-state index in [1.54, 1.807) is 21.1 Å². The number of hydrogen-bond donors (Lipinski definition) is 0. The van der Waals surface area contributed by atoms with Gasteiger partial charge in [0.25, 0.3) is 0 Å². The Morgan fingerprint density at radius 2 is 1.09 bits per heavy atom. The molecule has 2 atom stereocenters. The molecule has 0 aromatic carbocycles. The maximum Gasteiger partial charge on any atom is 0.306 e. The Morgan fingerprint density at radius 3 is 1.70 bits per heavy atom. The summed E-state index contributed by atoms with van der Waals surface area (Å²) in [5, 5.41) is 11.6. The highest BCUT2D eigenvalue weighted by molar-refractivity contribution is 5.70. The van der Waals surface area contributed by atoms with Gasteiger partial charge in [0.15, 0.2) is 6.10 Å². The molecule has 0 aliphatic carbocycles. The van der Waals surface area contributed by atoms with Crippen molar-refractivity contribution in [2.75, 3.05) is 41.0 Å². The van der Waals surface area contributed by atoms with E-state index in [2.05, 4.69) is 50.3 Å². The molecule has 0 rings (SSSR count). The average molecular weight is 740 g/mol. The minimum Gasteiger partial charge on any atom is -0.544 e. The molecule has 0 aromatic heterocycles. The number of aliphatic carboxylic acids is 1. The van der Waals surface area contributed by atoms with Crippen LogP contribution in [0.1, 0.15) is 129 Å². The van der Waals surface area contributed by atoms with Crippen LogP contribution in [-0.2, 0) is 28.6 Å². The van der Waals surface area contributed by atoms with E-state index in [4.69, 9.17) is 14.2 Å². The summed E-state index contributed by atoms with van der Waals surface area (Å²) in [5.41, 5.74) is 0. The summed E-state index contributed by atoms with van der Waals surface area (Å²) in [6, 6.07) is -0.739. The highest BCUT2D eigenvalue weighted by atomic mass is 16.6. The van der Waals surface area contributed by atoms with Gasteiger partial charge in [0.2, 0.25) is 0 Å². The van der Waals surface area contributed by atoms with Crippen LogP contribution in [0.3, 0.4) is 0 Å². The van der Waals surface area contributed by atoms with E-state index in [0.717, 1.165) is 64.2 Å². The number of carbonyl (C=O) groups excluding carboxylic acids is 3. The van der Waals surface area contributed by atoms with E-state index in [9.17, 15) is 19.5 Å². The number of likely N-dealkylation sites (N-methyl/N-ethyl adjacent to an activating group) is 1. The smallest absolute Gasteiger partial charge is 0.306 e. The van der Waals surface area contributed by atoms with Gasteiger partial charge >= 0.3 is 11.9 Å². The molecular formula is C45H73NO7. The van der Waals surface area contributed by atoms with Crippen molar-refractivity contribution in [1.29, 1.82) is 0 Å². The summed E-state index contributed by atoms with van der Waals surface area (Å²) in [6.07, 6.45) is 44.6. The number of carboxylic acids is 1. The van der Waals surface area contributed by atoms with Crippen molar-refractivity contribution < 1.29 is 38.2 Å². The number of rotatable bonds is 34. The monoisotopic (exact) mass is 740 g/mol. The van der Waals surface area contributed by atoms with Gasteiger partial charge in [-0.05, 0) is 57.8 Å². The molecular weight excluding hydrogens is 666 g/mol. The third-order valence-electron chi connectivity index (χ3n) is 8.41. The topological polar surface area (TPSA) is 102 Å².